The van der Waals surface area contributed by atoms with E-state index in [9.17, 15) is 4.39 Å². The van der Waals surface area contributed by atoms with Crippen molar-refractivity contribution in [3.05, 3.63) is 176 Å². The van der Waals surface area contributed by atoms with E-state index in [0.717, 1.165) is 50.3 Å². The van der Waals surface area contributed by atoms with E-state index in [1.807, 2.05) is 103 Å². The standard InChI is InChI=1S/C43H28FN5/c44-37-24-22-32(23-25-37)42-47-41(31-16-8-3-9-17-31)48-43(49-42)36-21-11-19-34(27-36)33-18-10-20-35(26-33)39-28-38(29-12-4-1-5-13-29)45-40(46-39)30-14-6-2-7-15-30/h1-28H. The third-order valence-electron chi connectivity index (χ3n) is 8.21. The van der Waals surface area contributed by atoms with Gasteiger partial charge in [-0.1, -0.05) is 127 Å². The molecule has 0 amide bonds. The van der Waals surface area contributed by atoms with E-state index in [2.05, 4.69) is 42.5 Å². The summed E-state index contributed by atoms with van der Waals surface area (Å²) in [6.45, 7) is 0. The van der Waals surface area contributed by atoms with Crippen molar-refractivity contribution in [2.24, 2.45) is 0 Å². The summed E-state index contributed by atoms with van der Waals surface area (Å²) in [5, 5.41) is 0. The Hall–Kier alpha value is -6.66. The van der Waals surface area contributed by atoms with Crippen LogP contribution in [0, 0.1) is 5.82 Å². The average Bonchev–Trinajstić information content (AvgIpc) is 3.19. The second-order valence-corrected chi connectivity index (χ2v) is 11.5. The lowest BCUT2D eigenvalue weighted by molar-refractivity contribution is 0.628. The molecule has 8 aromatic rings. The molecule has 0 aliphatic heterocycles. The minimum atomic E-state index is -0.314. The molecule has 6 aromatic carbocycles. The normalized spacial score (nSPS) is 11.0. The minimum Gasteiger partial charge on any atom is -0.228 e. The molecule has 0 saturated carbocycles. The molecule has 0 saturated heterocycles. The topological polar surface area (TPSA) is 64.5 Å². The Morgan fingerprint density at radius 3 is 1.18 bits per heavy atom. The molecule has 0 atom stereocenters. The molecule has 49 heavy (non-hydrogen) atoms. The van der Waals surface area contributed by atoms with Crippen molar-refractivity contribution in [1.29, 1.82) is 0 Å². The molecule has 8 rings (SSSR count). The maximum atomic E-state index is 13.8. The Labute approximate surface area is 283 Å². The van der Waals surface area contributed by atoms with Crippen LogP contribution in [0.3, 0.4) is 0 Å². The first-order valence-corrected chi connectivity index (χ1v) is 15.9. The number of aromatic nitrogens is 5. The molecule has 0 aliphatic carbocycles. The van der Waals surface area contributed by atoms with Crippen molar-refractivity contribution in [2.75, 3.05) is 0 Å². The number of nitrogens with zero attached hydrogens (tertiary/aromatic N) is 5. The van der Waals surface area contributed by atoms with Gasteiger partial charge in [0.2, 0.25) is 0 Å². The monoisotopic (exact) mass is 633 g/mol. The minimum absolute atomic E-state index is 0.314. The first-order valence-electron chi connectivity index (χ1n) is 15.9. The van der Waals surface area contributed by atoms with Crippen LogP contribution in [0.5, 0.6) is 0 Å². The lowest BCUT2D eigenvalue weighted by atomic mass is 9.99. The van der Waals surface area contributed by atoms with Crippen molar-refractivity contribution in [2.45, 2.75) is 0 Å². The predicted octanol–water partition coefficient (Wildman–Crippen LogP) is 10.5. The predicted molar refractivity (Wildman–Crippen MR) is 193 cm³/mol. The van der Waals surface area contributed by atoms with E-state index in [-0.39, 0.29) is 5.82 Å². The van der Waals surface area contributed by atoms with E-state index >= 15 is 0 Å². The highest BCUT2D eigenvalue weighted by atomic mass is 19.1. The maximum Gasteiger partial charge on any atom is 0.164 e. The van der Waals surface area contributed by atoms with E-state index in [1.54, 1.807) is 12.1 Å². The number of hydrogen-bond donors (Lipinski definition) is 0. The highest BCUT2D eigenvalue weighted by Crippen LogP contribution is 2.32. The van der Waals surface area contributed by atoms with E-state index in [4.69, 9.17) is 24.9 Å². The maximum absolute atomic E-state index is 13.8. The Bertz CT molecular complexity index is 2320. The van der Waals surface area contributed by atoms with Crippen LogP contribution in [0.2, 0.25) is 0 Å². The van der Waals surface area contributed by atoms with Crippen LogP contribution >= 0.6 is 0 Å². The SMILES string of the molecule is Fc1ccc(-c2nc(-c3ccccc3)nc(-c3cccc(-c4cccc(-c5cc(-c6ccccc6)nc(-c6ccccc6)n5)c4)c3)n2)cc1. The molecular weight excluding hydrogens is 606 g/mol. The van der Waals surface area contributed by atoms with Gasteiger partial charge in [0.1, 0.15) is 5.82 Å². The third-order valence-corrected chi connectivity index (χ3v) is 8.21. The van der Waals surface area contributed by atoms with Crippen LogP contribution in [-0.4, -0.2) is 24.9 Å². The van der Waals surface area contributed by atoms with Crippen LogP contribution < -0.4 is 0 Å². The Balaban J connectivity index is 1.20. The second kappa shape index (κ2) is 13.2. The Morgan fingerprint density at radius 1 is 0.265 bits per heavy atom. The third kappa shape index (κ3) is 6.48. The van der Waals surface area contributed by atoms with Crippen LogP contribution in [0.15, 0.2) is 170 Å². The molecular formula is C43H28FN5. The smallest absolute Gasteiger partial charge is 0.164 e. The van der Waals surface area contributed by atoms with Gasteiger partial charge >= 0.3 is 0 Å². The molecule has 0 unspecified atom stereocenters. The molecule has 0 N–H and O–H groups in total. The van der Waals surface area contributed by atoms with E-state index in [1.165, 1.54) is 12.1 Å². The van der Waals surface area contributed by atoms with E-state index in [0.29, 0.717) is 28.9 Å². The molecule has 0 radical (unpaired) electrons. The number of hydrogen-bond acceptors (Lipinski definition) is 5. The summed E-state index contributed by atoms with van der Waals surface area (Å²) in [5.41, 5.74) is 9.10. The van der Waals surface area contributed by atoms with Crippen molar-refractivity contribution < 1.29 is 4.39 Å². The molecule has 232 valence electrons. The van der Waals surface area contributed by atoms with Crippen molar-refractivity contribution >= 4 is 0 Å². The van der Waals surface area contributed by atoms with Gasteiger partial charge in [0.05, 0.1) is 11.4 Å². The molecule has 2 aromatic heterocycles. The number of benzene rings is 6. The van der Waals surface area contributed by atoms with Gasteiger partial charge in [-0.3, -0.25) is 0 Å². The lowest BCUT2D eigenvalue weighted by Gasteiger charge is -2.11. The second-order valence-electron chi connectivity index (χ2n) is 11.5. The fourth-order valence-corrected chi connectivity index (χ4v) is 5.71. The summed E-state index contributed by atoms with van der Waals surface area (Å²) in [7, 11) is 0. The van der Waals surface area contributed by atoms with Crippen LogP contribution in [0.4, 0.5) is 4.39 Å². The quantitative estimate of drug-likeness (QED) is 0.175. The molecule has 0 fully saturated rings. The van der Waals surface area contributed by atoms with Crippen LogP contribution in [0.25, 0.3) is 79.2 Å². The molecule has 0 aliphatic rings. The van der Waals surface area contributed by atoms with Gasteiger partial charge < -0.3 is 0 Å². The van der Waals surface area contributed by atoms with Crippen LogP contribution in [-0.2, 0) is 0 Å². The van der Waals surface area contributed by atoms with Crippen molar-refractivity contribution in [1.82, 2.24) is 24.9 Å². The number of halogens is 1. The highest BCUT2D eigenvalue weighted by Gasteiger charge is 2.15. The first-order chi connectivity index (χ1) is 24.2. The molecule has 6 heteroatoms. The summed E-state index contributed by atoms with van der Waals surface area (Å²) in [6, 6.07) is 54.8. The summed E-state index contributed by atoms with van der Waals surface area (Å²) in [6.07, 6.45) is 0. The number of rotatable bonds is 7. The highest BCUT2D eigenvalue weighted by molar-refractivity contribution is 5.78. The van der Waals surface area contributed by atoms with Crippen molar-refractivity contribution in [3.63, 3.8) is 0 Å². The fourth-order valence-electron chi connectivity index (χ4n) is 5.71. The van der Waals surface area contributed by atoms with Gasteiger partial charge in [-0.15, -0.1) is 0 Å². The Morgan fingerprint density at radius 2 is 0.633 bits per heavy atom. The fraction of sp³-hybridized carbons (Fsp3) is 0. The van der Waals surface area contributed by atoms with Gasteiger partial charge in [0.25, 0.3) is 0 Å². The molecule has 5 nitrogen and oxygen atoms in total. The van der Waals surface area contributed by atoms with Gasteiger partial charge in [-0.05, 0) is 53.6 Å². The average molecular weight is 634 g/mol. The largest absolute Gasteiger partial charge is 0.228 e. The zero-order valence-electron chi connectivity index (χ0n) is 26.3. The zero-order chi connectivity index (χ0) is 33.0. The van der Waals surface area contributed by atoms with Crippen molar-refractivity contribution in [3.8, 4) is 79.2 Å². The molecule has 2 heterocycles. The van der Waals surface area contributed by atoms with Gasteiger partial charge in [-0.2, -0.15) is 0 Å². The van der Waals surface area contributed by atoms with Gasteiger partial charge in [-0.25, -0.2) is 29.3 Å². The lowest BCUT2D eigenvalue weighted by Crippen LogP contribution is -2.00. The molecule has 0 bridgehead atoms. The molecule has 0 spiro atoms. The first kappa shape index (κ1) is 29.7. The van der Waals surface area contributed by atoms with E-state index < -0.39 is 0 Å². The summed E-state index contributed by atoms with van der Waals surface area (Å²) in [4.78, 5) is 24.4. The van der Waals surface area contributed by atoms with Gasteiger partial charge in [0, 0.05) is 33.4 Å². The summed E-state index contributed by atoms with van der Waals surface area (Å²) >= 11 is 0. The van der Waals surface area contributed by atoms with Gasteiger partial charge in [0.15, 0.2) is 23.3 Å². The summed E-state index contributed by atoms with van der Waals surface area (Å²) < 4.78 is 13.8. The summed E-state index contributed by atoms with van der Waals surface area (Å²) in [5.74, 6) is 1.91. The Kier molecular flexibility index (Phi) is 8.02. The zero-order valence-corrected chi connectivity index (χ0v) is 26.3. The van der Waals surface area contributed by atoms with Crippen LogP contribution in [0.1, 0.15) is 0 Å².